The predicted octanol–water partition coefficient (Wildman–Crippen LogP) is -1.05. The summed E-state index contributed by atoms with van der Waals surface area (Å²) in [4.78, 5) is 0. The molecule has 0 bridgehead atoms. The van der Waals surface area contributed by atoms with Crippen molar-refractivity contribution in [2.24, 2.45) is 5.73 Å². The average molecular weight is 95.1 g/mol. The summed E-state index contributed by atoms with van der Waals surface area (Å²) in [6.45, 7) is 0.472. The maximum atomic E-state index is 7.75. The van der Waals surface area contributed by atoms with Crippen molar-refractivity contribution in [2.45, 2.75) is 0 Å². The lowest BCUT2D eigenvalue weighted by molar-refractivity contribution is -0.176. The second-order valence-corrected chi connectivity index (χ2v) is 0.512. The van der Waals surface area contributed by atoms with E-state index in [-0.39, 0.29) is 6.61 Å². The Kier molecular flexibility index (Phi) is 32.6. The quantitative estimate of drug-likeness (QED) is 0.247. The normalized spacial score (nSPS) is 6.00. The Hall–Kier alpha value is -0.160. The van der Waals surface area contributed by atoms with E-state index in [1.165, 1.54) is 0 Å². The Morgan fingerprint density at radius 2 is 1.50 bits per heavy atom. The fraction of sp³-hybridized carbons (Fsp3) is 1.00. The third kappa shape index (κ3) is 43.9. The Morgan fingerprint density at radius 3 is 1.50 bits per heavy atom. The number of aliphatic hydroxyl groups excluding tert-OH is 1. The van der Waals surface area contributed by atoms with Gasteiger partial charge >= 0.3 is 0 Å². The highest BCUT2D eigenvalue weighted by molar-refractivity contribution is 4.17. The van der Waals surface area contributed by atoms with Crippen LogP contribution in [-0.2, 0) is 0 Å². The number of aliphatic hydroxyl groups is 1. The van der Waals surface area contributed by atoms with Crippen LogP contribution in [-0.4, -0.2) is 28.8 Å². The van der Waals surface area contributed by atoms with Crippen molar-refractivity contribution in [1.82, 2.24) is 0 Å². The van der Waals surface area contributed by atoms with Crippen LogP contribution in [0.1, 0.15) is 0 Å². The molecular formula is C2H9NO3. The molecule has 5 N–H and O–H groups in total. The lowest BCUT2D eigenvalue weighted by Gasteiger charge is -1.71. The minimum atomic E-state index is 0.0972. The highest BCUT2D eigenvalue weighted by Crippen LogP contribution is 1.33. The Morgan fingerprint density at radius 1 is 1.33 bits per heavy atom. The van der Waals surface area contributed by atoms with Crippen LogP contribution in [0.4, 0.5) is 0 Å². The number of hydrogen-bond acceptors (Lipinski definition) is 4. The van der Waals surface area contributed by atoms with Crippen molar-refractivity contribution in [3.63, 3.8) is 0 Å². The van der Waals surface area contributed by atoms with Gasteiger partial charge in [-0.3, -0.25) is 10.5 Å². The van der Waals surface area contributed by atoms with Crippen LogP contribution < -0.4 is 5.73 Å². The van der Waals surface area contributed by atoms with E-state index < -0.39 is 0 Å². The Bertz CT molecular complexity index is 10.8. The van der Waals surface area contributed by atoms with Gasteiger partial charge in [-0.2, -0.15) is 0 Å². The fourth-order valence-corrected chi connectivity index (χ4v) is 0. The largest absolute Gasteiger partial charge is 0.395 e. The lowest BCUT2D eigenvalue weighted by Crippen LogP contribution is -2.02. The SMILES string of the molecule is NCCO.OO. The van der Waals surface area contributed by atoms with Crippen LogP contribution >= 0.6 is 0 Å². The summed E-state index contributed by atoms with van der Waals surface area (Å²) in [6.07, 6.45) is 0. The van der Waals surface area contributed by atoms with E-state index in [1.807, 2.05) is 0 Å². The molecular weight excluding hydrogens is 86.0 g/mol. The van der Waals surface area contributed by atoms with Gasteiger partial charge in [0, 0.05) is 6.54 Å². The van der Waals surface area contributed by atoms with Gasteiger partial charge in [-0.25, -0.2) is 0 Å². The first-order chi connectivity index (χ1) is 2.91. The zero-order valence-electron chi connectivity index (χ0n) is 3.33. The fourth-order valence-electron chi connectivity index (χ4n) is 0. The smallest absolute Gasteiger partial charge is 0.0553 e. The van der Waals surface area contributed by atoms with E-state index in [4.69, 9.17) is 21.4 Å². The minimum absolute atomic E-state index is 0.0972. The van der Waals surface area contributed by atoms with E-state index in [2.05, 4.69) is 0 Å². The van der Waals surface area contributed by atoms with Crippen molar-refractivity contribution in [3.8, 4) is 0 Å². The molecule has 0 aliphatic rings. The first kappa shape index (κ1) is 9.28. The molecule has 4 heteroatoms. The van der Waals surface area contributed by atoms with Gasteiger partial charge in [0.1, 0.15) is 0 Å². The molecule has 0 atom stereocenters. The van der Waals surface area contributed by atoms with Crippen molar-refractivity contribution in [3.05, 3.63) is 0 Å². The molecule has 6 heavy (non-hydrogen) atoms. The van der Waals surface area contributed by atoms with Crippen LogP contribution in [0.15, 0.2) is 0 Å². The van der Waals surface area contributed by atoms with Crippen molar-refractivity contribution >= 4 is 0 Å². The Balaban J connectivity index is 0. The first-order valence-electron chi connectivity index (χ1n) is 1.42. The molecule has 0 aromatic heterocycles. The molecule has 0 heterocycles. The lowest BCUT2D eigenvalue weighted by atomic mass is 10.8. The minimum Gasteiger partial charge on any atom is -0.395 e. The van der Waals surface area contributed by atoms with Gasteiger partial charge in [-0.15, -0.1) is 0 Å². The molecule has 0 unspecified atom stereocenters. The number of nitrogens with two attached hydrogens (primary N) is 1. The third-order valence-corrected chi connectivity index (χ3v) is 0.129. The molecule has 40 valence electrons. The van der Waals surface area contributed by atoms with Crippen LogP contribution in [0, 0.1) is 0 Å². The standard InChI is InChI=1S/C2H7NO.H2O2/c3-1-2-4;1-2/h4H,1-3H2;1-2H. The second-order valence-electron chi connectivity index (χ2n) is 0.512. The monoisotopic (exact) mass is 95.1 g/mol. The summed E-state index contributed by atoms with van der Waals surface area (Å²) < 4.78 is 0. The molecule has 0 spiro atoms. The van der Waals surface area contributed by atoms with Crippen molar-refractivity contribution in [2.75, 3.05) is 13.2 Å². The maximum absolute atomic E-state index is 7.75. The van der Waals surface area contributed by atoms with E-state index >= 15 is 0 Å². The first-order valence-corrected chi connectivity index (χ1v) is 1.42. The summed E-state index contributed by atoms with van der Waals surface area (Å²) in [5.41, 5.74) is 4.78. The van der Waals surface area contributed by atoms with Crippen LogP contribution in [0.5, 0.6) is 0 Å². The summed E-state index contributed by atoms with van der Waals surface area (Å²) in [5.74, 6) is 0. The summed E-state index contributed by atoms with van der Waals surface area (Å²) >= 11 is 0. The number of rotatable bonds is 1. The molecule has 0 radical (unpaired) electrons. The summed E-state index contributed by atoms with van der Waals surface area (Å²) in [7, 11) is 0. The molecule has 4 nitrogen and oxygen atoms in total. The average Bonchev–Trinajstić information content (AvgIpc) is 1.72. The topological polar surface area (TPSA) is 86.7 Å². The zero-order chi connectivity index (χ0) is 5.41. The van der Waals surface area contributed by atoms with Gasteiger partial charge in [0.25, 0.3) is 0 Å². The van der Waals surface area contributed by atoms with Gasteiger partial charge < -0.3 is 10.8 Å². The summed E-state index contributed by atoms with van der Waals surface area (Å²) in [6, 6.07) is 0. The van der Waals surface area contributed by atoms with Crippen LogP contribution in [0.3, 0.4) is 0 Å². The molecule has 0 saturated heterocycles. The molecule has 0 fully saturated rings. The maximum Gasteiger partial charge on any atom is 0.0553 e. The van der Waals surface area contributed by atoms with Crippen molar-refractivity contribution in [1.29, 1.82) is 0 Å². The predicted molar refractivity (Wildman–Crippen MR) is 21.4 cm³/mol. The van der Waals surface area contributed by atoms with E-state index in [9.17, 15) is 0 Å². The third-order valence-electron chi connectivity index (χ3n) is 0.129. The molecule has 0 aliphatic carbocycles. The molecule has 0 aliphatic heterocycles. The molecule has 0 rings (SSSR count). The zero-order valence-corrected chi connectivity index (χ0v) is 3.33. The molecule has 0 aromatic rings. The van der Waals surface area contributed by atoms with Crippen LogP contribution in [0.2, 0.25) is 0 Å². The van der Waals surface area contributed by atoms with Gasteiger partial charge in [0.2, 0.25) is 0 Å². The molecule has 0 aromatic carbocycles. The van der Waals surface area contributed by atoms with E-state index in [1.54, 1.807) is 0 Å². The van der Waals surface area contributed by atoms with Crippen LogP contribution in [0.25, 0.3) is 0 Å². The van der Waals surface area contributed by atoms with E-state index in [0.717, 1.165) is 0 Å². The highest BCUT2D eigenvalue weighted by atomic mass is 17.0. The van der Waals surface area contributed by atoms with Gasteiger partial charge in [0.05, 0.1) is 6.61 Å². The summed E-state index contributed by atoms with van der Waals surface area (Å²) in [5, 5.41) is 19.8. The van der Waals surface area contributed by atoms with Gasteiger partial charge in [-0.1, -0.05) is 0 Å². The van der Waals surface area contributed by atoms with Gasteiger partial charge in [0.15, 0.2) is 0 Å². The number of hydrogen-bond donors (Lipinski definition) is 4. The second kappa shape index (κ2) is 21.1. The molecule has 0 saturated carbocycles. The van der Waals surface area contributed by atoms with E-state index in [0.29, 0.717) is 6.54 Å². The molecule has 0 amide bonds. The Labute approximate surface area is 35.8 Å². The van der Waals surface area contributed by atoms with Crippen molar-refractivity contribution < 1.29 is 15.6 Å². The van der Waals surface area contributed by atoms with Gasteiger partial charge in [-0.05, 0) is 0 Å². The highest BCUT2D eigenvalue weighted by Gasteiger charge is 1.56.